The van der Waals surface area contributed by atoms with Crippen molar-refractivity contribution in [1.29, 1.82) is 0 Å². The lowest BCUT2D eigenvalue weighted by atomic mass is 9.72. The van der Waals surface area contributed by atoms with Crippen LogP contribution in [0.2, 0.25) is 0 Å². The van der Waals surface area contributed by atoms with Gasteiger partial charge in [-0.25, -0.2) is 4.98 Å². The Hall–Kier alpha value is -2.09. The summed E-state index contributed by atoms with van der Waals surface area (Å²) < 4.78 is 7.09. The molecule has 7 heteroatoms. The van der Waals surface area contributed by atoms with Crippen molar-refractivity contribution in [3.63, 3.8) is 0 Å². The molecule has 1 aromatic carbocycles. The fourth-order valence-electron chi connectivity index (χ4n) is 5.37. The SMILES string of the molecule is C=CC[C@@H]1C[C@@H](C)CCC[C@H](C)CC[C@@H](c2ccc3sc(C)nc3c2)OC(=O)C[C@H](O)C(C)(C)C1=O.CO. The van der Waals surface area contributed by atoms with Gasteiger partial charge in [-0.05, 0) is 62.1 Å². The number of ketones is 1. The van der Waals surface area contributed by atoms with E-state index in [1.165, 1.54) is 0 Å². The number of esters is 1. The molecule has 5 atom stereocenters. The Bertz CT molecular complexity index is 1060. The first kappa shape index (κ1) is 32.1. The van der Waals surface area contributed by atoms with E-state index in [4.69, 9.17) is 9.84 Å². The number of rotatable bonds is 3. The molecule has 1 fully saturated rings. The highest BCUT2D eigenvalue weighted by molar-refractivity contribution is 7.18. The summed E-state index contributed by atoms with van der Waals surface area (Å²) in [5.41, 5.74) is 0.795. The second kappa shape index (κ2) is 14.9. The Morgan fingerprint density at radius 3 is 2.50 bits per heavy atom. The highest BCUT2D eigenvalue weighted by Gasteiger charge is 2.41. The first-order chi connectivity index (χ1) is 18.0. The van der Waals surface area contributed by atoms with Crippen LogP contribution in [-0.4, -0.2) is 40.2 Å². The minimum atomic E-state index is -1.11. The molecular weight excluding hydrogens is 498 g/mol. The number of fused-ring (bicyclic) bond motifs is 1. The van der Waals surface area contributed by atoms with Gasteiger partial charge in [0.25, 0.3) is 0 Å². The molecule has 2 N–H and O–H groups in total. The summed E-state index contributed by atoms with van der Waals surface area (Å²) in [6, 6.07) is 6.08. The molecule has 38 heavy (non-hydrogen) atoms. The summed E-state index contributed by atoms with van der Waals surface area (Å²) in [4.78, 5) is 31.2. The summed E-state index contributed by atoms with van der Waals surface area (Å²) in [5, 5.41) is 19.0. The molecule has 3 rings (SSSR count). The number of hydrogen-bond donors (Lipinski definition) is 2. The summed E-state index contributed by atoms with van der Waals surface area (Å²) in [6.07, 6.45) is 6.39. The number of benzene rings is 1. The van der Waals surface area contributed by atoms with Crippen LogP contribution >= 0.6 is 11.3 Å². The van der Waals surface area contributed by atoms with E-state index in [1.807, 2.05) is 25.1 Å². The number of aryl methyl sites for hydroxylation is 1. The summed E-state index contributed by atoms with van der Waals surface area (Å²) >= 11 is 1.65. The Labute approximate surface area is 232 Å². The van der Waals surface area contributed by atoms with E-state index in [1.54, 1.807) is 31.3 Å². The Morgan fingerprint density at radius 1 is 1.13 bits per heavy atom. The third-order valence-corrected chi connectivity index (χ3v) is 8.77. The zero-order valence-electron chi connectivity index (χ0n) is 24.0. The van der Waals surface area contributed by atoms with Gasteiger partial charge in [-0.2, -0.15) is 0 Å². The van der Waals surface area contributed by atoms with Crippen molar-refractivity contribution in [3.05, 3.63) is 41.4 Å². The second-order valence-corrected chi connectivity index (χ2v) is 12.7. The third-order valence-electron chi connectivity index (χ3n) is 7.82. The number of aliphatic hydroxyl groups is 2. The van der Waals surface area contributed by atoms with Crippen molar-refractivity contribution in [2.75, 3.05) is 7.11 Å². The van der Waals surface area contributed by atoms with E-state index >= 15 is 0 Å². The van der Waals surface area contributed by atoms with Gasteiger partial charge in [0.2, 0.25) is 0 Å². The minimum absolute atomic E-state index is 0.00378. The van der Waals surface area contributed by atoms with Crippen LogP contribution in [0.15, 0.2) is 30.9 Å². The van der Waals surface area contributed by atoms with Gasteiger partial charge >= 0.3 is 5.97 Å². The molecule has 0 aliphatic carbocycles. The van der Waals surface area contributed by atoms with Gasteiger partial charge in [-0.3, -0.25) is 9.59 Å². The van der Waals surface area contributed by atoms with Crippen molar-refractivity contribution in [1.82, 2.24) is 4.98 Å². The highest BCUT2D eigenvalue weighted by Crippen LogP contribution is 2.35. The minimum Gasteiger partial charge on any atom is -0.457 e. The molecule has 2 aromatic rings. The Morgan fingerprint density at radius 2 is 1.82 bits per heavy atom. The lowest BCUT2D eigenvalue weighted by molar-refractivity contribution is -0.156. The summed E-state index contributed by atoms with van der Waals surface area (Å²) in [5.74, 6) is 0.237. The first-order valence-corrected chi connectivity index (χ1v) is 14.7. The van der Waals surface area contributed by atoms with Crippen molar-refractivity contribution < 1.29 is 24.5 Å². The number of ether oxygens (including phenoxy) is 1. The standard InChI is InChI=1S/C30H43NO4S.CH4O/c1-7-9-23-16-20(3)11-8-10-19(2)12-14-25(22-13-15-26-24(17-22)31-21(4)36-26)35-28(33)18-27(32)30(5,6)29(23)34;1-2/h7,13,15,17,19-20,23,25,27,32H,1,8-12,14,16,18H2,2-6H3;2H,1H3/t19-,20-,23+,25-,27-;/m0./s1. The van der Waals surface area contributed by atoms with Crippen LogP contribution in [0.3, 0.4) is 0 Å². The number of carbonyl (C=O) groups is 2. The van der Waals surface area contributed by atoms with E-state index < -0.39 is 23.6 Å². The molecular formula is C31H47NO5S. The molecule has 1 aliphatic heterocycles. The number of aliphatic hydroxyl groups excluding tert-OH is 2. The normalized spacial score (nSPS) is 27.7. The van der Waals surface area contributed by atoms with Crippen LogP contribution in [0, 0.1) is 30.1 Å². The number of carbonyl (C=O) groups excluding carboxylic acids is 2. The number of allylic oxidation sites excluding steroid dienone is 1. The van der Waals surface area contributed by atoms with E-state index in [0.29, 0.717) is 18.3 Å². The Kier molecular flexibility index (Phi) is 12.6. The Balaban J connectivity index is 0.00000247. The smallest absolute Gasteiger partial charge is 0.309 e. The average molecular weight is 546 g/mol. The molecule has 0 saturated carbocycles. The predicted octanol–water partition coefficient (Wildman–Crippen LogP) is 6.96. The quantitative estimate of drug-likeness (QED) is 0.320. The molecule has 0 bridgehead atoms. The van der Waals surface area contributed by atoms with Crippen LogP contribution < -0.4 is 0 Å². The van der Waals surface area contributed by atoms with Crippen LogP contribution in [-0.2, 0) is 14.3 Å². The number of hydrogen-bond acceptors (Lipinski definition) is 7. The molecule has 0 spiro atoms. The van der Waals surface area contributed by atoms with Crippen molar-refractivity contribution in [3.8, 4) is 0 Å². The zero-order chi connectivity index (χ0) is 28.5. The lowest BCUT2D eigenvalue weighted by Crippen LogP contribution is -2.42. The second-order valence-electron chi connectivity index (χ2n) is 11.4. The number of cyclic esters (lactones) is 1. The average Bonchev–Trinajstić information content (AvgIpc) is 3.25. The maximum Gasteiger partial charge on any atom is 0.309 e. The van der Waals surface area contributed by atoms with Gasteiger partial charge in [-0.15, -0.1) is 17.9 Å². The van der Waals surface area contributed by atoms with Crippen molar-refractivity contribution in [2.24, 2.45) is 23.2 Å². The van der Waals surface area contributed by atoms with Gasteiger partial charge in [0.05, 0.1) is 33.2 Å². The van der Waals surface area contributed by atoms with Crippen LogP contribution in [0.4, 0.5) is 0 Å². The van der Waals surface area contributed by atoms with E-state index in [0.717, 1.165) is 66.4 Å². The van der Waals surface area contributed by atoms with Crippen LogP contribution in [0.1, 0.15) is 95.7 Å². The fraction of sp³-hybridized carbons (Fsp3) is 0.645. The molecule has 6 nitrogen and oxygen atoms in total. The number of aromatic nitrogens is 1. The summed E-state index contributed by atoms with van der Waals surface area (Å²) in [6.45, 7) is 13.8. The lowest BCUT2D eigenvalue weighted by Gasteiger charge is -2.33. The van der Waals surface area contributed by atoms with Gasteiger partial charge in [0.1, 0.15) is 11.9 Å². The predicted molar refractivity (Wildman–Crippen MR) is 155 cm³/mol. The molecule has 212 valence electrons. The number of Topliss-reactive ketones (excluding diaryl/α,β-unsaturated/α-hetero) is 1. The molecule has 0 unspecified atom stereocenters. The van der Waals surface area contributed by atoms with Gasteiger partial charge in [-0.1, -0.05) is 59.1 Å². The number of thiazole rings is 1. The third kappa shape index (κ3) is 8.72. The fourth-order valence-corrected chi connectivity index (χ4v) is 6.18. The number of nitrogens with zero attached hydrogens (tertiary/aromatic N) is 1. The zero-order valence-corrected chi connectivity index (χ0v) is 24.9. The van der Waals surface area contributed by atoms with Crippen molar-refractivity contribution >= 4 is 33.3 Å². The molecule has 1 saturated heterocycles. The van der Waals surface area contributed by atoms with E-state index in [9.17, 15) is 14.7 Å². The monoisotopic (exact) mass is 545 g/mol. The van der Waals surface area contributed by atoms with Gasteiger partial charge < -0.3 is 14.9 Å². The van der Waals surface area contributed by atoms with Gasteiger partial charge in [0.15, 0.2) is 0 Å². The molecule has 1 aromatic heterocycles. The molecule has 1 aliphatic rings. The molecule has 0 amide bonds. The van der Waals surface area contributed by atoms with Crippen LogP contribution in [0.25, 0.3) is 10.2 Å². The largest absolute Gasteiger partial charge is 0.457 e. The van der Waals surface area contributed by atoms with Crippen molar-refractivity contribution in [2.45, 2.75) is 98.2 Å². The van der Waals surface area contributed by atoms with E-state index in [2.05, 4.69) is 25.4 Å². The maximum absolute atomic E-state index is 13.5. The van der Waals surface area contributed by atoms with Crippen LogP contribution in [0.5, 0.6) is 0 Å². The summed E-state index contributed by atoms with van der Waals surface area (Å²) in [7, 11) is 1.00. The topological polar surface area (TPSA) is 96.7 Å². The molecule has 2 heterocycles. The van der Waals surface area contributed by atoms with E-state index in [-0.39, 0.29) is 18.1 Å². The maximum atomic E-state index is 13.5. The molecule has 0 radical (unpaired) electrons. The first-order valence-electron chi connectivity index (χ1n) is 13.9. The van der Waals surface area contributed by atoms with Gasteiger partial charge in [0, 0.05) is 13.0 Å². The highest BCUT2D eigenvalue weighted by atomic mass is 32.1.